The maximum Gasteiger partial charge on any atom is 0.263 e. The van der Waals surface area contributed by atoms with Crippen molar-refractivity contribution in [1.29, 1.82) is 0 Å². The summed E-state index contributed by atoms with van der Waals surface area (Å²) in [6.45, 7) is 5.08. The van der Waals surface area contributed by atoms with Crippen molar-refractivity contribution in [1.82, 2.24) is 15.1 Å². The Morgan fingerprint density at radius 2 is 1.93 bits per heavy atom. The number of benzene rings is 1. The van der Waals surface area contributed by atoms with Gasteiger partial charge in [-0.3, -0.25) is 9.59 Å². The maximum atomic E-state index is 12.7. The number of carbonyl (C=O) groups is 2. The van der Waals surface area contributed by atoms with Crippen molar-refractivity contribution in [3.05, 3.63) is 51.1 Å². The third kappa shape index (κ3) is 6.19. The van der Waals surface area contributed by atoms with E-state index in [2.05, 4.69) is 45.3 Å². The summed E-state index contributed by atoms with van der Waals surface area (Å²) in [5, 5.41) is 14.1. The standard InChI is InChI=1S/C20H21BrN4O2S2/c1-13(2)12-25(19(27)16-4-3-11-28-16)10-9-17(26)22-20-24-23-18(29-20)14-5-7-15(21)8-6-14/h3-8,11,13H,9-10,12H2,1-2H3,(H,22,24,26). The van der Waals surface area contributed by atoms with E-state index in [0.29, 0.717) is 29.0 Å². The first-order valence-corrected chi connectivity index (χ1v) is 11.6. The summed E-state index contributed by atoms with van der Waals surface area (Å²) < 4.78 is 0.988. The number of nitrogens with zero attached hydrogens (tertiary/aromatic N) is 3. The zero-order valence-corrected chi connectivity index (χ0v) is 19.3. The number of halogens is 1. The van der Waals surface area contributed by atoms with Gasteiger partial charge in [0, 0.05) is 29.5 Å². The smallest absolute Gasteiger partial charge is 0.263 e. The Kier molecular flexibility index (Phi) is 7.51. The number of hydrogen-bond donors (Lipinski definition) is 1. The monoisotopic (exact) mass is 492 g/mol. The third-order valence-corrected chi connectivity index (χ3v) is 6.25. The van der Waals surface area contributed by atoms with Gasteiger partial charge in [-0.25, -0.2) is 0 Å². The van der Waals surface area contributed by atoms with E-state index in [9.17, 15) is 9.59 Å². The third-order valence-electron chi connectivity index (χ3n) is 3.98. The molecule has 152 valence electrons. The van der Waals surface area contributed by atoms with Gasteiger partial charge in [0.2, 0.25) is 11.0 Å². The quantitative estimate of drug-likeness (QED) is 0.471. The van der Waals surface area contributed by atoms with Crippen molar-refractivity contribution in [2.75, 3.05) is 18.4 Å². The van der Waals surface area contributed by atoms with Gasteiger partial charge in [-0.05, 0) is 29.5 Å². The summed E-state index contributed by atoms with van der Waals surface area (Å²) >= 11 is 6.14. The van der Waals surface area contributed by atoms with Crippen molar-refractivity contribution in [2.24, 2.45) is 5.92 Å². The highest BCUT2D eigenvalue weighted by Crippen LogP contribution is 2.27. The van der Waals surface area contributed by atoms with Gasteiger partial charge in [0.25, 0.3) is 5.91 Å². The second kappa shape index (κ2) is 10.1. The van der Waals surface area contributed by atoms with Crippen molar-refractivity contribution >= 4 is 55.5 Å². The molecule has 6 nitrogen and oxygen atoms in total. The molecule has 0 bridgehead atoms. The molecular weight excluding hydrogens is 472 g/mol. The van der Waals surface area contributed by atoms with Crippen LogP contribution >= 0.6 is 38.6 Å². The Hall–Kier alpha value is -2.10. The number of thiophene rings is 1. The second-order valence-corrected chi connectivity index (χ2v) is 9.68. The number of aromatic nitrogens is 2. The Balaban J connectivity index is 1.58. The van der Waals surface area contributed by atoms with Crippen LogP contribution in [-0.2, 0) is 4.79 Å². The van der Waals surface area contributed by atoms with E-state index >= 15 is 0 Å². The summed E-state index contributed by atoms with van der Waals surface area (Å²) in [4.78, 5) is 27.5. The Labute approximate surface area is 186 Å². The normalized spacial score (nSPS) is 10.9. The van der Waals surface area contributed by atoms with Crippen LogP contribution in [0.15, 0.2) is 46.3 Å². The van der Waals surface area contributed by atoms with Crippen LogP contribution in [0.3, 0.4) is 0 Å². The molecule has 2 heterocycles. The molecule has 0 atom stereocenters. The van der Waals surface area contributed by atoms with Gasteiger partial charge in [-0.1, -0.05) is 59.3 Å². The largest absolute Gasteiger partial charge is 0.337 e. The first-order chi connectivity index (χ1) is 13.9. The number of carbonyl (C=O) groups excluding carboxylic acids is 2. The van der Waals surface area contributed by atoms with Gasteiger partial charge in [0.15, 0.2) is 0 Å². The summed E-state index contributed by atoms with van der Waals surface area (Å²) in [5.74, 6) is 0.102. The number of anilines is 1. The van der Waals surface area contributed by atoms with Gasteiger partial charge in [-0.15, -0.1) is 21.5 Å². The zero-order chi connectivity index (χ0) is 20.8. The predicted molar refractivity (Wildman–Crippen MR) is 121 cm³/mol. The molecule has 0 aliphatic heterocycles. The fourth-order valence-electron chi connectivity index (χ4n) is 2.67. The van der Waals surface area contributed by atoms with E-state index in [1.54, 1.807) is 4.90 Å². The van der Waals surface area contributed by atoms with Crippen LogP contribution in [0.4, 0.5) is 5.13 Å². The van der Waals surface area contributed by atoms with Crippen molar-refractivity contribution < 1.29 is 9.59 Å². The molecular formula is C20H21BrN4O2S2. The SMILES string of the molecule is CC(C)CN(CCC(=O)Nc1nnc(-c2ccc(Br)cc2)s1)C(=O)c1cccs1. The summed E-state index contributed by atoms with van der Waals surface area (Å²) in [7, 11) is 0. The van der Waals surface area contributed by atoms with Gasteiger partial charge in [0.1, 0.15) is 5.01 Å². The molecule has 0 fully saturated rings. The molecule has 2 aromatic heterocycles. The molecule has 1 N–H and O–H groups in total. The van der Waals surface area contributed by atoms with Crippen molar-refractivity contribution in [3.63, 3.8) is 0 Å². The van der Waals surface area contributed by atoms with Crippen LogP contribution < -0.4 is 5.32 Å². The van der Waals surface area contributed by atoms with Crippen molar-refractivity contribution in [2.45, 2.75) is 20.3 Å². The lowest BCUT2D eigenvalue weighted by Gasteiger charge is -2.23. The summed E-state index contributed by atoms with van der Waals surface area (Å²) in [6.07, 6.45) is 0.205. The topological polar surface area (TPSA) is 75.2 Å². The maximum absolute atomic E-state index is 12.7. The number of nitrogens with one attached hydrogen (secondary N) is 1. The van der Waals surface area contributed by atoms with Gasteiger partial charge >= 0.3 is 0 Å². The van der Waals surface area contributed by atoms with E-state index in [-0.39, 0.29) is 18.2 Å². The minimum atomic E-state index is -0.184. The lowest BCUT2D eigenvalue weighted by atomic mass is 10.2. The molecule has 2 amide bonds. The van der Waals surface area contributed by atoms with Crippen LogP contribution in [-0.4, -0.2) is 40.0 Å². The Bertz CT molecular complexity index is 955. The number of amides is 2. The summed E-state index contributed by atoms with van der Waals surface area (Å²) in [5.41, 5.74) is 0.941. The molecule has 0 saturated heterocycles. The minimum Gasteiger partial charge on any atom is -0.337 e. The van der Waals surface area contributed by atoms with Gasteiger partial charge in [-0.2, -0.15) is 0 Å². The molecule has 1 aromatic carbocycles. The molecule has 0 spiro atoms. The molecule has 29 heavy (non-hydrogen) atoms. The molecule has 0 aliphatic rings. The average Bonchev–Trinajstić information content (AvgIpc) is 3.37. The highest BCUT2D eigenvalue weighted by molar-refractivity contribution is 9.10. The lowest BCUT2D eigenvalue weighted by molar-refractivity contribution is -0.116. The van der Waals surface area contributed by atoms with E-state index in [4.69, 9.17) is 0 Å². The highest BCUT2D eigenvalue weighted by Gasteiger charge is 2.19. The predicted octanol–water partition coefficient (Wildman–Crippen LogP) is 5.16. The molecule has 0 unspecified atom stereocenters. The van der Waals surface area contributed by atoms with Crippen LogP contribution in [0, 0.1) is 5.92 Å². The van der Waals surface area contributed by atoms with Crippen LogP contribution in [0.1, 0.15) is 29.9 Å². The Morgan fingerprint density at radius 3 is 2.59 bits per heavy atom. The first-order valence-electron chi connectivity index (χ1n) is 9.14. The van der Waals surface area contributed by atoms with E-state index in [1.165, 1.54) is 22.7 Å². The van der Waals surface area contributed by atoms with Crippen molar-refractivity contribution in [3.8, 4) is 10.6 Å². The first kappa shape index (κ1) is 21.6. The molecule has 3 rings (SSSR count). The Morgan fingerprint density at radius 1 is 1.17 bits per heavy atom. The highest BCUT2D eigenvalue weighted by atomic mass is 79.9. The molecule has 0 radical (unpaired) electrons. The molecule has 3 aromatic rings. The van der Waals surface area contributed by atoms with E-state index in [1.807, 2.05) is 41.8 Å². The average molecular weight is 493 g/mol. The fraction of sp³-hybridized carbons (Fsp3) is 0.300. The van der Waals surface area contributed by atoms with Crippen LogP contribution in [0.5, 0.6) is 0 Å². The lowest BCUT2D eigenvalue weighted by Crippen LogP contribution is -2.36. The van der Waals surface area contributed by atoms with Crippen LogP contribution in [0.2, 0.25) is 0 Å². The number of hydrogen-bond acceptors (Lipinski definition) is 6. The van der Waals surface area contributed by atoms with Crippen LogP contribution in [0.25, 0.3) is 10.6 Å². The van der Waals surface area contributed by atoms with E-state index in [0.717, 1.165) is 15.0 Å². The zero-order valence-electron chi connectivity index (χ0n) is 16.1. The number of rotatable bonds is 8. The molecule has 9 heteroatoms. The van der Waals surface area contributed by atoms with E-state index < -0.39 is 0 Å². The minimum absolute atomic E-state index is 0.0325. The second-order valence-electron chi connectivity index (χ2n) is 6.84. The summed E-state index contributed by atoms with van der Waals surface area (Å²) in [6, 6.07) is 11.4. The molecule has 0 saturated carbocycles. The fourth-order valence-corrected chi connectivity index (χ4v) is 4.39. The van der Waals surface area contributed by atoms with Gasteiger partial charge < -0.3 is 10.2 Å². The van der Waals surface area contributed by atoms with Gasteiger partial charge in [0.05, 0.1) is 4.88 Å². The molecule has 0 aliphatic carbocycles.